The standard InChI is InChI=1S/C83H66N4/c1-9-20-58(21-10-2)84(60-38-32-54(33-39-60)64-30-18-24-52-22-14-16-28-62(52)64)74-46-42-66-68-50-77-69(51-76(68)86-72-44-36-56(82(3,4)5)48-70(72)78(74)80(66)86)67-43-47-75(79-71-49-57(83(6,7)8)37-45-73(71)87(77)81(67)79)85(59-26-12-11-13-27-59)61-40-34-55(35-41-61)65-31-19-25-53-23-15-17-29-63(53)65/h9-51H,1H2,2-8H3/b21-10-,58-20+. The minimum atomic E-state index is -0.0717. The third kappa shape index (κ3) is 8.04. The molecule has 87 heavy (non-hydrogen) atoms. The van der Waals surface area contributed by atoms with Gasteiger partial charge in [0.05, 0.1) is 44.5 Å². The van der Waals surface area contributed by atoms with Crippen LogP contribution in [0.5, 0.6) is 0 Å². The monoisotopic (exact) mass is 1120 g/mol. The number of fused-ring (bicyclic) bond motifs is 14. The van der Waals surface area contributed by atoms with Crippen molar-refractivity contribution >= 4 is 126 Å². The molecule has 0 atom stereocenters. The average molecular weight is 1120 g/mol. The van der Waals surface area contributed by atoms with Crippen LogP contribution in [0, 0.1) is 0 Å². The minimum Gasteiger partial charge on any atom is -0.310 e. The maximum Gasteiger partial charge on any atom is 0.0641 e. The van der Waals surface area contributed by atoms with Gasteiger partial charge in [0.2, 0.25) is 0 Å². The number of allylic oxidation sites excluding steroid dienone is 4. The number of benzene rings is 12. The molecule has 16 aromatic rings. The maximum absolute atomic E-state index is 4.25. The van der Waals surface area contributed by atoms with E-state index in [1.54, 1.807) is 0 Å². The molecule has 16 rings (SSSR count). The van der Waals surface area contributed by atoms with E-state index in [0.29, 0.717) is 0 Å². The predicted molar refractivity (Wildman–Crippen MR) is 375 cm³/mol. The van der Waals surface area contributed by atoms with Crippen molar-refractivity contribution in [3.8, 4) is 22.3 Å². The lowest BCUT2D eigenvalue weighted by Crippen LogP contribution is -2.15. The Hall–Kier alpha value is -10.4. The summed E-state index contributed by atoms with van der Waals surface area (Å²) >= 11 is 0. The highest BCUT2D eigenvalue weighted by atomic mass is 15.2. The number of hydrogen-bond donors (Lipinski definition) is 0. The molecule has 0 saturated heterocycles. The van der Waals surface area contributed by atoms with E-state index in [2.05, 4.69) is 328 Å². The Bertz CT molecular complexity index is 5470. The molecule has 4 aromatic heterocycles. The summed E-state index contributed by atoms with van der Waals surface area (Å²) in [5.74, 6) is 0. The van der Waals surface area contributed by atoms with Crippen LogP contribution in [0.25, 0.3) is 120 Å². The van der Waals surface area contributed by atoms with Crippen molar-refractivity contribution in [2.75, 3.05) is 9.80 Å². The van der Waals surface area contributed by atoms with Gasteiger partial charge in [0.1, 0.15) is 0 Å². The van der Waals surface area contributed by atoms with Gasteiger partial charge in [-0.1, -0.05) is 212 Å². The smallest absolute Gasteiger partial charge is 0.0641 e. The Labute approximate surface area is 507 Å². The van der Waals surface area contributed by atoms with Crippen LogP contribution in [0.15, 0.2) is 273 Å². The van der Waals surface area contributed by atoms with Gasteiger partial charge >= 0.3 is 0 Å². The van der Waals surface area contributed by atoms with Crippen LogP contribution in [0.2, 0.25) is 0 Å². The van der Waals surface area contributed by atoms with E-state index >= 15 is 0 Å². The lowest BCUT2D eigenvalue weighted by Gasteiger charge is -2.28. The van der Waals surface area contributed by atoms with Crippen molar-refractivity contribution in [1.82, 2.24) is 8.80 Å². The van der Waals surface area contributed by atoms with Crippen LogP contribution in [0.1, 0.15) is 59.6 Å². The average Bonchev–Trinajstić information content (AvgIpc) is 1.53. The molecule has 418 valence electrons. The summed E-state index contributed by atoms with van der Waals surface area (Å²) < 4.78 is 5.16. The molecule has 0 N–H and O–H groups in total. The first-order valence-corrected chi connectivity index (χ1v) is 30.6. The van der Waals surface area contributed by atoms with E-state index in [1.165, 1.54) is 131 Å². The second-order valence-electron chi connectivity index (χ2n) is 25.7. The largest absolute Gasteiger partial charge is 0.310 e. The van der Waals surface area contributed by atoms with Crippen molar-refractivity contribution in [3.05, 3.63) is 284 Å². The molecule has 4 nitrogen and oxygen atoms in total. The fraction of sp³-hybridized carbons (Fsp3) is 0.108. The quantitative estimate of drug-likeness (QED) is 0.127. The van der Waals surface area contributed by atoms with Gasteiger partial charge in [0.25, 0.3) is 0 Å². The first-order chi connectivity index (χ1) is 42.4. The van der Waals surface area contributed by atoms with E-state index < -0.39 is 0 Å². The topological polar surface area (TPSA) is 15.3 Å². The number of anilines is 5. The van der Waals surface area contributed by atoms with E-state index in [4.69, 9.17) is 0 Å². The molecule has 0 aliphatic rings. The van der Waals surface area contributed by atoms with Gasteiger partial charge in [0, 0.05) is 65.8 Å². The van der Waals surface area contributed by atoms with Crippen molar-refractivity contribution in [1.29, 1.82) is 0 Å². The van der Waals surface area contributed by atoms with Gasteiger partial charge < -0.3 is 18.6 Å². The summed E-state index contributed by atoms with van der Waals surface area (Å²) in [6.07, 6.45) is 8.38. The highest BCUT2D eigenvalue weighted by Crippen LogP contribution is 2.52. The Morgan fingerprint density at radius 1 is 0.391 bits per heavy atom. The molecule has 0 aliphatic carbocycles. The van der Waals surface area contributed by atoms with E-state index in [-0.39, 0.29) is 10.8 Å². The van der Waals surface area contributed by atoms with Crippen LogP contribution in [0.4, 0.5) is 28.4 Å². The van der Waals surface area contributed by atoms with Crippen LogP contribution >= 0.6 is 0 Å². The number of aromatic nitrogens is 2. The fourth-order valence-corrected chi connectivity index (χ4v) is 14.3. The van der Waals surface area contributed by atoms with Crippen molar-refractivity contribution in [3.63, 3.8) is 0 Å². The molecule has 0 unspecified atom stereocenters. The van der Waals surface area contributed by atoms with Gasteiger partial charge in [-0.25, -0.2) is 0 Å². The third-order valence-electron chi connectivity index (χ3n) is 18.5. The summed E-state index contributed by atoms with van der Waals surface area (Å²) in [6.45, 7) is 20.3. The summed E-state index contributed by atoms with van der Waals surface area (Å²) in [5, 5.41) is 14.9. The maximum atomic E-state index is 4.25. The molecule has 0 bridgehead atoms. The minimum absolute atomic E-state index is 0.0627. The van der Waals surface area contributed by atoms with Gasteiger partial charge in [-0.3, -0.25) is 0 Å². The fourth-order valence-electron chi connectivity index (χ4n) is 14.3. The highest BCUT2D eigenvalue weighted by Gasteiger charge is 2.30. The normalized spacial score (nSPS) is 12.8. The zero-order valence-corrected chi connectivity index (χ0v) is 50.3. The Balaban J connectivity index is 0.944. The lowest BCUT2D eigenvalue weighted by molar-refractivity contribution is 0.591. The molecular weight excluding hydrogens is 1050 g/mol. The highest BCUT2D eigenvalue weighted by molar-refractivity contribution is 6.32. The molecule has 0 aliphatic heterocycles. The van der Waals surface area contributed by atoms with E-state index in [9.17, 15) is 0 Å². The summed E-state index contributed by atoms with van der Waals surface area (Å²) in [5.41, 5.74) is 21.1. The first kappa shape index (κ1) is 52.2. The number of rotatable bonds is 10. The summed E-state index contributed by atoms with van der Waals surface area (Å²) in [7, 11) is 0. The number of para-hydroxylation sites is 1. The van der Waals surface area contributed by atoms with Crippen LogP contribution in [-0.4, -0.2) is 8.80 Å². The Morgan fingerprint density at radius 3 is 1.36 bits per heavy atom. The second-order valence-corrected chi connectivity index (χ2v) is 25.7. The zero-order chi connectivity index (χ0) is 59.0. The molecule has 0 amide bonds. The van der Waals surface area contributed by atoms with E-state index in [1.807, 2.05) is 6.08 Å². The molecule has 4 heteroatoms. The molecule has 0 fully saturated rings. The molecule has 12 aromatic carbocycles. The summed E-state index contributed by atoms with van der Waals surface area (Å²) in [4.78, 5) is 4.91. The predicted octanol–water partition coefficient (Wildman–Crippen LogP) is 23.5. The van der Waals surface area contributed by atoms with Crippen LogP contribution < -0.4 is 9.80 Å². The Morgan fingerprint density at radius 2 is 0.851 bits per heavy atom. The van der Waals surface area contributed by atoms with Gasteiger partial charge in [-0.05, 0) is 170 Å². The Kier molecular flexibility index (Phi) is 11.7. The van der Waals surface area contributed by atoms with Crippen molar-refractivity contribution in [2.24, 2.45) is 0 Å². The molecule has 0 saturated carbocycles. The van der Waals surface area contributed by atoms with Gasteiger partial charge in [-0.15, -0.1) is 0 Å². The van der Waals surface area contributed by atoms with Crippen LogP contribution in [0.3, 0.4) is 0 Å². The van der Waals surface area contributed by atoms with E-state index in [0.717, 1.165) is 34.1 Å². The number of hydrogen-bond acceptors (Lipinski definition) is 2. The van der Waals surface area contributed by atoms with Gasteiger partial charge in [-0.2, -0.15) is 0 Å². The molecule has 0 spiro atoms. The summed E-state index contributed by atoms with van der Waals surface area (Å²) in [6, 6.07) is 88.8. The third-order valence-corrected chi connectivity index (χ3v) is 18.5. The van der Waals surface area contributed by atoms with Crippen molar-refractivity contribution < 1.29 is 0 Å². The molecule has 0 radical (unpaired) electrons. The molecule has 4 heterocycles. The number of nitrogens with zero attached hydrogens (tertiary/aromatic N) is 4. The lowest BCUT2D eigenvalue weighted by atomic mass is 9.86. The SMILES string of the molecule is C=C/C=C(\C=C/C)N(c1ccc(-c2cccc3ccccc23)cc1)c1ccc2c3cc4c(cc3n3c5ccc(C(C)(C)C)cc5c1c23)c1ccc(N(c2ccccc2)c2ccc(-c3cccc5ccccc35)cc2)c2c3cc(C(C)(C)C)ccc3n4c12. The first-order valence-electron chi connectivity index (χ1n) is 30.6. The van der Waals surface area contributed by atoms with Crippen LogP contribution in [-0.2, 0) is 10.8 Å². The van der Waals surface area contributed by atoms with Gasteiger partial charge in [0.15, 0.2) is 0 Å². The zero-order valence-electron chi connectivity index (χ0n) is 50.3. The van der Waals surface area contributed by atoms with Crippen molar-refractivity contribution in [2.45, 2.75) is 59.3 Å². The second kappa shape index (κ2) is 19.6. The molecular formula is C83H66N4.